The summed E-state index contributed by atoms with van der Waals surface area (Å²) in [7, 11) is -3.22. The molecule has 2 aliphatic heterocycles. The van der Waals surface area contributed by atoms with Gasteiger partial charge in [-0.15, -0.1) is 0 Å². The average Bonchev–Trinajstić information content (AvgIpc) is 2.47. The lowest BCUT2D eigenvalue weighted by Crippen LogP contribution is -2.50. The van der Waals surface area contributed by atoms with Crippen molar-refractivity contribution in [3.05, 3.63) is 0 Å². The second kappa shape index (κ2) is 7.40. The van der Waals surface area contributed by atoms with Gasteiger partial charge in [-0.3, -0.25) is 0 Å². The number of nitrogens with one attached hydrogen (secondary N) is 2. The van der Waals surface area contributed by atoms with Gasteiger partial charge in [-0.25, -0.2) is 13.1 Å². The smallest absolute Gasteiger partial charge is 0.213 e. The zero-order chi connectivity index (χ0) is 15.3. The molecule has 2 N–H and O–H groups in total. The first-order valence-electron chi connectivity index (χ1n) is 8.36. The van der Waals surface area contributed by atoms with Crippen molar-refractivity contribution in [1.29, 1.82) is 0 Å². The fraction of sp³-hybridized carbons (Fsp3) is 1.00. The van der Waals surface area contributed by atoms with Gasteiger partial charge in [0.1, 0.15) is 0 Å². The minimum absolute atomic E-state index is 0.0206. The van der Waals surface area contributed by atoms with Crippen molar-refractivity contribution in [2.75, 3.05) is 18.9 Å². The molecule has 2 atom stereocenters. The molecule has 5 nitrogen and oxygen atoms in total. The van der Waals surface area contributed by atoms with Crippen molar-refractivity contribution < 1.29 is 13.2 Å². The zero-order valence-corrected chi connectivity index (χ0v) is 14.2. The SMILES string of the molecule is CCC1(CC)CC(NS(=O)(=O)CC2CCCCN2)CCO1. The van der Waals surface area contributed by atoms with Crippen LogP contribution in [-0.2, 0) is 14.8 Å². The predicted molar refractivity (Wildman–Crippen MR) is 84.9 cm³/mol. The van der Waals surface area contributed by atoms with Gasteiger partial charge in [-0.05, 0) is 45.1 Å². The monoisotopic (exact) mass is 318 g/mol. The maximum Gasteiger partial charge on any atom is 0.213 e. The van der Waals surface area contributed by atoms with Crippen molar-refractivity contribution in [1.82, 2.24) is 10.0 Å². The summed E-state index contributed by atoms with van der Waals surface area (Å²) in [5.41, 5.74) is -0.144. The molecule has 0 spiro atoms. The first kappa shape index (κ1) is 17.2. The van der Waals surface area contributed by atoms with Gasteiger partial charge in [0.15, 0.2) is 0 Å². The van der Waals surface area contributed by atoms with E-state index in [1.807, 2.05) is 0 Å². The van der Waals surface area contributed by atoms with Crippen LogP contribution in [0.25, 0.3) is 0 Å². The second-order valence-corrected chi connectivity index (χ2v) is 8.27. The molecular weight excluding hydrogens is 288 g/mol. The lowest BCUT2D eigenvalue weighted by Gasteiger charge is -2.40. The maximum absolute atomic E-state index is 12.4. The van der Waals surface area contributed by atoms with Crippen LogP contribution in [0.1, 0.15) is 58.8 Å². The summed E-state index contributed by atoms with van der Waals surface area (Å²) in [5, 5.41) is 3.31. The first-order chi connectivity index (χ1) is 9.99. The van der Waals surface area contributed by atoms with E-state index in [-0.39, 0.29) is 23.4 Å². The van der Waals surface area contributed by atoms with E-state index < -0.39 is 10.0 Å². The van der Waals surface area contributed by atoms with E-state index in [2.05, 4.69) is 23.9 Å². The van der Waals surface area contributed by atoms with Crippen LogP contribution in [0.2, 0.25) is 0 Å². The number of sulfonamides is 1. The molecule has 0 saturated carbocycles. The third kappa shape index (κ3) is 4.91. The van der Waals surface area contributed by atoms with Crippen molar-refractivity contribution in [2.24, 2.45) is 0 Å². The van der Waals surface area contributed by atoms with Crippen molar-refractivity contribution in [3.63, 3.8) is 0 Å². The third-order valence-electron chi connectivity index (χ3n) is 4.96. The normalized spacial score (nSPS) is 30.2. The Morgan fingerprint density at radius 3 is 2.62 bits per heavy atom. The molecule has 2 aliphatic rings. The van der Waals surface area contributed by atoms with E-state index in [1.54, 1.807) is 0 Å². The molecular formula is C15H30N2O3S. The maximum atomic E-state index is 12.4. The molecule has 0 aromatic rings. The molecule has 6 heteroatoms. The van der Waals surface area contributed by atoms with Gasteiger partial charge in [-0.1, -0.05) is 20.3 Å². The van der Waals surface area contributed by atoms with Crippen molar-refractivity contribution in [2.45, 2.75) is 76.5 Å². The summed E-state index contributed by atoms with van der Waals surface area (Å²) in [5.74, 6) is 0.204. The average molecular weight is 318 g/mol. The quantitative estimate of drug-likeness (QED) is 0.783. The Morgan fingerprint density at radius 1 is 1.24 bits per heavy atom. The third-order valence-corrected chi connectivity index (χ3v) is 6.49. The lowest BCUT2D eigenvalue weighted by molar-refractivity contribution is -0.0905. The fourth-order valence-electron chi connectivity index (χ4n) is 3.50. The Bertz CT molecular complexity index is 415. The highest BCUT2D eigenvalue weighted by Crippen LogP contribution is 2.31. The highest BCUT2D eigenvalue weighted by Gasteiger charge is 2.36. The molecule has 2 saturated heterocycles. The Kier molecular flexibility index (Phi) is 6.05. The van der Waals surface area contributed by atoms with Gasteiger partial charge < -0.3 is 10.1 Å². The van der Waals surface area contributed by atoms with Crippen molar-refractivity contribution in [3.8, 4) is 0 Å². The predicted octanol–water partition coefficient (Wildman–Crippen LogP) is 1.79. The minimum Gasteiger partial charge on any atom is -0.375 e. The van der Waals surface area contributed by atoms with Gasteiger partial charge in [0.05, 0.1) is 11.4 Å². The van der Waals surface area contributed by atoms with Crippen LogP contribution < -0.4 is 10.0 Å². The number of rotatable bonds is 6. The standard InChI is InChI=1S/C15H30N2O3S/c1-3-15(4-2)11-13(8-10-20-15)17-21(18,19)12-14-7-5-6-9-16-14/h13-14,16-17H,3-12H2,1-2H3. The topological polar surface area (TPSA) is 67.4 Å². The molecule has 0 aliphatic carbocycles. The van der Waals surface area contributed by atoms with Gasteiger partial charge in [0, 0.05) is 18.7 Å². The van der Waals surface area contributed by atoms with Gasteiger partial charge in [0.25, 0.3) is 0 Å². The highest BCUT2D eigenvalue weighted by atomic mass is 32.2. The van der Waals surface area contributed by atoms with E-state index in [4.69, 9.17) is 4.74 Å². The minimum atomic E-state index is -3.22. The summed E-state index contributed by atoms with van der Waals surface area (Å²) in [6, 6.07) is 0.130. The molecule has 21 heavy (non-hydrogen) atoms. The van der Waals surface area contributed by atoms with Crippen LogP contribution >= 0.6 is 0 Å². The number of hydrogen-bond acceptors (Lipinski definition) is 4. The van der Waals surface area contributed by atoms with Crippen LogP contribution in [0.3, 0.4) is 0 Å². The molecule has 2 heterocycles. The van der Waals surface area contributed by atoms with Crippen LogP contribution in [0, 0.1) is 0 Å². The van der Waals surface area contributed by atoms with Crippen LogP contribution in [0.5, 0.6) is 0 Å². The Balaban J connectivity index is 1.89. The fourth-order valence-corrected chi connectivity index (χ4v) is 5.12. The molecule has 124 valence electrons. The summed E-state index contributed by atoms with van der Waals surface area (Å²) in [4.78, 5) is 0. The van der Waals surface area contributed by atoms with E-state index >= 15 is 0 Å². The van der Waals surface area contributed by atoms with E-state index in [0.717, 1.165) is 51.5 Å². The number of piperidine rings is 1. The van der Waals surface area contributed by atoms with E-state index in [0.29, 0.717) is 6.61 Å². The molecule has 0 aromatic carbocycles. The number of ether oxygens (including phenoxy) is 1. The van der Waals surface area contributed by atoms with E-state index in [9.17, 15) is 8.42 Å². The summed E-state index contributed by atoms with van der Waals surface area (Å²) >= 11 is 0. The zero-order valence-electron chi connectivity index (χ0n) is 13.4. The number of hydrogen-bond donors (Lipinski definition) is 2. The molecule has 0 radical (unpaired) electrons. The lowest BCUT2D eigenvalue weighted by atomic mass is 9.86. The molecule has 2 unspecified atom stereocenters. The highest BCUT2D eigenvalue weighted by molar-refractivity contribution is 7.89. The Labute approximate surface area is 129 Å². The second-order valence-electron chi connectivity index (χ2n) is 6.47. The molecule has 0 aromatic heterocycles. The van der Waals surface area contributed by atoms with Crippen LogP contribution in [0.4, 0.5) is 0 Å². The van der Waals surface area contributed by atoms with Gasteiger partial charge in [-0.2, -0.15) is 0 Å². The Hall–Kier alpha value is -0.170. The van der Waals surface area contributed by atoms with Crippen LogP contribution in [-0.4, -0.2) is 45.0 Å². The molecule has 0 amide bonds. The molecule has 2 fully saturated rings. The molecule has 0 bridgehead atoms. The summed E-state index contributed by atoms with van der Waals surface area (Å²) in [6.45, 7) is 5.82. The molecule has 2 rings (SSSR count). The van der Waals surface area contributed by atoms with Crippen LogP contribution in [0.15, 0.2) is 0 Å². The Morgan fingerprint density at radius 2 is 2.00 bits per heavy atom. The summed E-state index contributed by atoms with van der Waals surface area (Å²) < 4.78 is 33.6. The summed E-state index contributed by atoms with van der Waals surface area (Å²) in [6.07, 6.45) is 6.68. The van der Waals surface area contributed by atoms with E-state index in [1.165, 1.54) is 0 Å². The van der Waals surface area contributed by atoms with Gasteiger partial charge >= 0.3 is 0 Å². The first-order valence-corrected chi connectivity index (χ1v) is 10.0. The van der Waals surface area contributed by atoms with Gasteiger partial charge in [0.2, 0.25) is 10.0 Å². The largest absolute Gasteiger partial charge is 0.375 e. The van der Waals surface area contributed by atoms with Crippen molar-refractivity contribution >= 4 is 10.0 Å².